The smallest absolute Gasteiger partial charge is 0.264 e. The molecule has 424 valence electrons. The number of fused-ring (bicyclic) bond motifs is 6. The maximum absolute atomic E-state index is 10.7. The lowest BCUT2D eigenvalue weighted by atomic mass is 9.36. The molecule has 2 aliphatic rings. The van der Waals surface area contributed by atoms with Gasteiger partial charge in [-0.1, -0.05) is 266 Å². The van der Waals surface area contributed by atoms with Crippen LogP contribution in [0.5, 0.6) is 0 Å². The molecule has 0 atom stereocenters. The van der Waals surface area contributed by atoms with Crippen LogP contribution in [0.15, 0.2) is 303 Å². The Morgan fingerprint density at radius 1 is 0.432 bits per heavy atom. The van der Waals surface area contributed by atoms with E-state index in [-0.39, 0.29) is 40.1 Å². The summed E-state index contributed by atoms with van der Waals surface area (Å²) < 4.78 is 76.9. The average Bonchev–Trinajstić information content (AvgIpc) is 1.30. The van der Waals surface area contributed by atoms with E-state index >= 15 is 0 Å². The Morgan fingerprint density at radius 2 is 0.898 bits per heavy atom. The molecule has 0 amide bonds. The second-order valence-corrected chi connectivity index (χ2v) is 29.9. The number of nitrogens with zero attached hydrogens (tertiary/aromatic N) is 3. The fourth-order valence-corrected chi connectivity index (χ4v) is 19.5. The molecule has 3 heterocycles. The Balaban J connectivity index is 1.15. The van der Waals surface area contributed by atoms with Crippen LogP contribution in [0.25, 0.3) is 32.3 Å². The summed E-state index contributed by atoms with van der Waals surface area (Å²) in [5.41, 5.74) is 13.7. The summed E-state index contributed by atoms with van der Waals surface area (Å²) in [4.78, 5) is 7.12. The van der Waals surface area contributed by atoms with Gasteiger partial charge in [0.15, 0.2) is 8.07 Å². The van der Waals surface area contributed by atoms with Gasteiger partial charge in [0.1, 0.15) is 0 Å². The van der Waals surface area contributed by atoms with Crippen molar-refractivity contribution in [2.75, 3.05) is 14.7 Å². The molecule has 0 aliphatic carbocycles. The largest absolute Gasteiger partial charge is 0.311 e. The number of rotatable bonds is 11. The van der Waals surface area contributed by atoms with Crippen molar-refractivity contribution < 1.29 is 11.0 Å². The lowest BCUT2D eigenvalue weighted by Crippen LogP contribution is -2.75. The number of para-hydroxylation sites is 2. The van der Waals surface area contributed by atoms with Gasteiger partial charge in [0.05, 0.1) is 22.3 Å². The van der Waals surface area contributed by atoms with Crippen molar-refractivity contribution in [2.24, 2.45) is 0 Å². The van der Waals surface area contributed by atoms with E-state index in [1.54, 1.807) is 0 Å². The van der Waals surface area contributed by atoms with Gasteiger partial charge in [-0.15, -0.1) is 11.3 Å². The molecule has 2 aliphatic heterocycles. The zero-order chi connectivity index (χ0) is 66.7. The van der Waals surface area contributed by atoms with Gasteiger partial charge in [-0.2, -0.15) is 0 Å². The van der Waals surface area contributed by atoms with Crippen LogP contribution in [-0.2, 0) is 10.8 Å². The summed E-state index contributed by atoms with van der Waals surface area (Å²) in [5.74, 6) is 0. The topological polar surface area (TPSA) is 9.72 Å². The molecular formula is C82H68BN3SSi. The molecule has 0 unspecified atom stereocenters. The van der Waals surface area contributed by atoms with Gasteiger partial charge in [0.2, 0.25) is 0 Å². The van der Waals surface area contributed by atoms with Crippen molar-refractivity contribution in [2.45, 2.75) is 52.4 Å². The summed E-state index contributed by atoms with van der Waals surface area (Å²) >= 11 is 1.40. The second kappa shape index (κ2) is 21.9. The van der Waals surface area contributed by atoms with E-state index in [1.165, 1.54) is 38.0 Å². The van der Waals surface area contributed by atoms with Crippen molar-refractivity contribution in [3.63, 3.8) is 0 Å². The summed E-state index contributed by atoms with van der Waals surface area (Å²) in [6, 6.07) is 88.1. The predicted molar refractivity (Wildman–Crippen MR) is 382 cm³/mol. The van der Waals surface area contributed by atoms with Crippen molar-refractivity contribution in [3.05, 3.63) is 314 Å². The quantitative estimate of drug-likeness (QED) is 0.0944. The van der Waals surface area contributed by atoms with Crippen LogP contribution in [0.3, 0.4) is 0 Å². The standard InChI is InChI=1S/C82H68BN3SSi/c1-81(2,3)60-43-47-64(48-44-60)84(65-49-45-61(46-50-65)82(4,5)6)73-56-74-72(55-70(73)58-30-16-8-17-31-58)83-78-75(85(74)62-32-18-9-19-33-62)53-69(88(66-36-22-11-23-37-66,67-38-24-12-25-39-67)68-40-26-13-27-41-68)54-76(78)86(63-34-20-10-21-35-63)79-71-52-59(57-28-14-7-15-29-57)42-51-77(71)87-80(79)83/h7-56H,1-6H3/i7D,14D,15D,28D,29D,42D,51D,52D. The van der Waals surface area contributed by atoms with E-state index in [2.05, 4.69) is 293 Å². The first-order valence-corrected chi connectivity index (χ1v) is 33.0. The molecular weight excluding hydrogens is 1100 g/mol. The highest BCUT2D eigenvalue weighted by Gasteiger charge is 2.49. The van der Waals surface area contributed by atoms with Crippen LogP contribution in [0.2, 0.25) is 0 Å². The Morgan fingerprint density at radius 3 is 1.40 bits per heavy atom. The van der Waals surface area contributed by atoms with Crippen molar-refractivity contribution in [3.8, 4) is 22.3 Å². The SMILES string of the molecule is [2H]c1c([2H])c([2H])c(-c2c([2H])c([2H])c3sc4c(c3c2[2H])N(c2ccccc2)c2cc([Si](c3ccccc3)(c3ccccc3)c3ccccc3)cc3c2B4c2cc(-c4ccccc4)c(N(c4ccc(C(C)(C)C)cc4)c4ccc(C(C)(C)C)cc4)cc2N3c2ccccc2)c([2H])c1[2H]. The van der Waals surface area contributed by atoms with Gasteiger partial charge in [0, 0.05) is 60.2 Å². The van der Waals surface area contributed by atoms with E-state index in [0.717, 1.165) is 77.5 Å². The van der Waals surface area contributed by atoms with Crippen LogP contribution in [0.1, 0.15) is 63.6 Å². The van der Waals surface area contributed by atoms with Crippen LogP contribution in [-0.4, -0.2) is 14.8 Å². The lowest BCUT2D eigenvalue weighted by molar-refractivity contribution is 0.590. The molecule has 12 aromatic carbocycles. The zero-order valence-corrected chi connectivity index (χ0v) is 51.9. The molecule has 1 aromatic heterocycles. The van der Waals surface area contributed by atoms with E-state index in [1.807, 2.05) is 18.2 Å². The molecule has 0 fully saturated rings. The fraction of sp³-hybridized carbons (Fsp3) is 0.0976. The maximum atomic E-state index is 10.7. The predicted octanol–water partition coefficient (Wildman–Crippen LogP) is 17.8. The third-order valence-corrected chi connectivity index (χ3v) is 23.6. The summed E-state index contributed by atoms with van der Waals surface area (Å²) in [6.07, 6.45) is 0. The maximum Gasteiger partial charge on any atom is 0.264 e. The van der Waals surface area contributed by atoms with Crippen LogP contribution in [0, 0.1) is 0 Å². The van der Waals surface area contributed by atoms with Gasteiger partial charge in [-0.25, -0.2) is 0 Å². The summed E-state index contributed by atoms with van der Waals surface area (Å²) in [5, 5.41) is 4.98. The van der Waals surface area contributed by atoms with Gasteiger partial charge < -0.3 is 14.7 Å². The first-order valence-electron chi connectivity index (χ1n) is 34.2. The molecule has 13 aromatic rings. The Bertz CT molecular complexity index is 4990. The van der Waals surface area contributed by atoms with E-state index < -0.39 is 45.0 Å². The third-order valence-electron chi connectivity index (χ3n) is 17.7. The zero-order valence-electron chi connectivity index (χ0n) is 58.1. The highest BCUT2D eigenvalue weighted by atomic mass is 32.1. The minimum absolute atomic E-state index is 0.102. The second-order valence-electron chi connectivity index (χ2n) is 25.0. The molecule has 0 saturated carbocycles. The van der Waals surface area contributed by atoms with Gasteiger partial charge >= 0.3 is 0 Å². The summed E-state index contributed by atoms with van der Waals surface area (Å²) in [7, 11) is -3.44. The molecule has 6 heteroatoms. The summed E-state index contributed by atoms with van der Waals surface area (Å²) in [6.45, 7) is 12.9. The number of hydrogen-bond acceptors (Lipinski definition) is 4. The molecule has 15 rings (SSSR count). The van der Waals surface area contributed by atoms with Crippen molar-refractivity contribution in [1.29, 1.82) is 0 Å². The lowest BCUT2D eigenvalue weighted by Gasteiger charge is -2.45. The van der Waals surface area contributed by atoms with E-state index in [4.69, 9.17) is 4.11 Å². The van der Waals surface area contributed by atoms with Gasteiger partial charge in [0.25, 0.3) is 6.71 Å². The van der Waals surface area contributed by atoms with Gasteiger partial charge in [-0.3, -0.25) is 0 Å². The minimum Gasteiger partial charge on any atom is -0.311 e. The highest BCUT2D eigenvalue weighted by Crippen LogP contribution is 2.51. The van der Waals surface area contributed by atoms with Crippen LogP contribution in [0.4, 0.5) is 51.2 Å². The number of benzene rings is 12. The molecule has 0 saturated heterocycles. The van der Waals surface area contributed by atoms with Crippen LogP contribution >= 0.6 is 11.3 Å². The highest BCUT2D eigenvalue weighted by molar-refractivity contribution is 7.34. The third kappa shape index (κ3) is 9.33. The van der Waals surface area contributed by atoms with E-state index in [0.29, 0.717) is 15.8 Å². The molecule has 0 N–H and O–H groups in total. The molecule has 3 nitrogen and oxygen atoms in total. The molecule has 88 heavy (non-hydrogen) atoms. The van der Waals surface area contributed by atoms with Crippen molar-refractivity contribution in [1.82, 2.24) is 0 Å². The normalized spacial score (nSPS) is 14.1. The Labute approximate surface area is 535 Å². The fourth-order valence-electron chi connectivity index (χ4n) is 13.5. The molecule has 0 spiro atoms. The van der Waals surface area contributed by atoms with Crippen LogP contribution < -0.4 is 51.1 Å². The first-order chi connectivity index (χ1) is 46.3. The van der Waals surface area contributed by atoms with E-state index in [9.17, 15) is 6.85 Å². The monoisotopic (exact) mass is 1170 g/mol. The number of hydrogen-bond donors (Lipinski definition) is 0. The van der Waals surface area contributed by atoms with Gasteiger partial charge in [-0.05, 0) is 149 Å². The average molecular weight is 1170 g/mol. The number of anilines is 9. The van der Waals surface area contributed by atoms with Crippen molar-refractivity contribution >= 4 is 124 Å². The number of thiophene rings is 1. The minimum atomic E-state index is -3.44. The Kier molecular flexibility index (Phi) is 11.6. The molecule has 0 bridgehead atoms. The Hall–Kier alpha value is -9.72. The first kappa shape index (κ1) is 46.5. The molecule has 0 radical (unpaired) electrons.